The molecule has 0 spiro atoms. The van der Waals surface area contributed by atoms with Gasteiger partial charge in [-0.15, -0.1) is 0 Å². The van der Waals surface area contributed by atoms with Gasteiger partial charge in [0.25, 0.3) is 11.4 Å². The van der Waals surface area contributed by atoms with Crippen molar-refractivity contribution >= 4 is 28.7 Å². The number of aromatic amines is 1. The molecule has 1 aliphatic rings. The zero-order chi connectivity index (χ0) is 15.8. The fraction of sp³-hybridized carbons (Fsp3) is 0.455. The maximum Gasteiger partial charge on any atom is 0.330 e. The summed E-state index contributed by atoms with van der Waals surface area (Å²) in [6, 6.07) is 0. The SMILES string of the molecule is O=c1[nH]c(=O)n([C@@H]2O[C@H](CO)[C@@H](O)[C@]2(O)F)cc1C=CI. The van der Waals surface area contributed by atoms with E-state index in [4.69, 9.17) is 9.84 Å². The molecule has 1 saturated heterocycles. The van der Waals surface area contributed by atoms with Gasteiger partial charge >= 0.3 is 5.69 Å². The van der Waals surface area contributed by atoms with Crippen molar-refractivity contribution < 1.29 is 24.4 Å². The molecule has 0 saturated carbocycles. The Hall–Kier alpha value is -1.08. The van der Waals surface area contributed by atoms with Crippen molar-refractivity contribution in [1.82, 2.24) is 9.55 Å². The van der Waals surface area contributed by atoms with Gasteiger partial charge in [0.15, 0.2) is 6.23 Å². The lowest BCUT2D eigenvalue weighted by atomic mass is 10.1. The zero-order valence-corrected chi connectivity index (χ0v) is 12.6. The van der Waals surface area contributed by atoms with Gasteiger partial charge in [0, 0.05) is 6.20 Å². The highest BCUT2D eigenvalue weighted by molar-refractivity contribution is 14.1. The number of nitrogens with one attached hydrogen (secondary N) is 1. The molecule has 0 bridgehead atoms. The van der Waals surface area contributed by atoms with Crippen LogP contribution in [0.3, 0.4) is 0 Å². The molecule has 2 heterocycles. The van der Waals surface area contributed by atoms with Crippen LogP contribution in [0.2, 0.25) is 0 Å². The van der Waals surface area contributed by atoms with Gasteiger partial charge in [-0.3, -0.25) is 14.3 Å². The van der Waals surface area contributed by atoms with Crippen LogP contribution in [-0.2, 0) is 4.74 Å². The van der Waals surface area contributed by atoms with E-state index in [0.717, 1.165) is 6.20 Å². The highest BCUT2D eigenvalue weighted by Gasteiger charge is 2.57. The molecule has 2 rings (SSSR count). The lowest BCUT2D eigenvalue weighted by molar-refractivity contribution is -0.197. The van der Waals surface area contributed by atoms with Gasteiger partial charge < -0.3 is 20.1 Å². The predicted molar refractivity (Wildman–Crippen MR) is 77.4 cm³/mol. The Kier molecular flexibility index (Phi) is 4.63. The van der Waals surface area contributed by atoms with Crippen molar-refractivity contribution in [2.24, 2.45) is 0 Å². The fourth-order valence-electron chi connectivity index (χ4n) is 2.01. The summed E-state index contributed by atoms with van der Waals surface area (Å²) in [5, 5.41) is 28.2. The highest BCUT2D eigenvalue weighted by Crippen LogP contribution is 2.38. The maximum absolute atomic E-state index is 14.2. The van der Waals surface area contributed by atoms with Crippen LogP contribution in [0.25, 0.3) is 6.08 Å². The third-order valence-electron chi connectivity index (χ3n) is 3.09. The Balaban J connectivity index is 2.54. The smallest absolute Gasteiger partial charge is 0.330 e. The first-order chi connectivity index (χ1) is 9.82. The van der Waals surface area contributed by atoms with E-state index in [-0.39, 0.29) is 5.56 Å². The molecule has 4 atom stereocenters. The minimum absolute atomic E-state index is 0.0327. The number of rotatable bonds is 3. The number of halogens is 2. The third kappa shape index (κ3) is 2.81. The van der Waals surface area contributed by atoms with Gasteiger partial charge in [0.2, 0.25) is 0 Å². The topological polar surface area (TPSA) is 125 Å². The Labute approximate surface area is 130 Å². The molecule has 116 valence electrons. The van der Waals surface area contributed by atoms with E-state index >= 15 is 0 Å². The summed E-state index contributed by atoms with van der Waals surface area (Å²) in [4.78, 5) is 25.2. The van der Waals surface area contributed by atoms with Crippen LogP contribution in [0, 0.1) is 0 Å². The second kappa shape index (κ2) is 5.96. The number of ether oxygens (including phenoxy) is 1. The zero-order valence-electron chi connectivity index (χ0n) is 10.4. The van der Waals surface area contributed by atoms with Gasteiger partial charge in [-0.05, 0) is 10.2 Å². The van der Waals surface area contributed by atoms with Gasteiger partial charge in [0.1, 0.15) is 12.2 Å². The van der Waals surface area contributed by atoms with Gasteiger partial charge in [-0.2, -0.15) is 0 Å². The minimum atomic E-state index is -3.29. The van der Waals surface area contributed by atoms with Crippen molar-refractivity contribution in [2.45, 2.75) is 24.3 Å². The van der Waals surface area contributed by atoms with Crippen LogP contribution in [-0.4, -0.2) is 49.5 Å². The molecule has 0 aliphatic carbocycles. The fourth-order valence-corrected chi connectivity index (χ4v) is 2.39. The van der Waals surface area contributed by atoms with Crippen LogP contribution in [0.1, 0.15) is 11.8 Å². The van der Waals surface area contributed by atoms with Gasteiger partial charge in [-0.1, -0.05) is 22.6 Å². The molecule has 8 nitrogen and oxygen atoms in total. The molecule has 10 heteroatoms. The van der Waals surface area contributed by atoms with E-state index in [0.29, 0.717) is 4.57 Å². The Morgan fingerprint density at radius 2 is 2.24 bits per heavy atom. The molecule has 1 fully saturated rings. The number of aliphatic hydroxyl groups is 3. The number of hydrogen-bond donors (Lipinski definition) is 4. The third-order valence-corrected chi connectivity index (χ3v) is 3.45. The average Bonchev–Trinajstić information content (AvgIpc) is 2.65. The van der Waals surface area contributed by atoms with E-state index in [1.807, 2.05) is 27.6 Å². The van der Waals surface area contributed by atoms with Crippen molar-refractivity contribution in [2.75, 3.05) is 6.61 Å². The lowest BCUT2D eigenvalue weighted by Gasteiger charge is -2.23. The number of aliphatic hydroxyl groups excluding tert-OH is 2. The molecular weight excluding hydrogens is 402 g/mol. The van der Waals surface area contributed by atoms with Crippen LogP contribution in [0.4, 0.5) is 4.39 Å². The summed E-state index contributed by atoms with van der Waals surface area (Å²) >= 11 is 1.85. The molecule has 0 amide bonds. The summed E-state index contributed by atoms with van der Waals surface area (Å²) in [7, 11) is 0. The summed E-state index contributed by atoms with van der Waals surface area (Å²) in [5.41, 5.74) is -1.67. The standard InChI is InChI=1S/C11H12FIN2O6/c12-11(20)7(17)6(4-16)21-9(11)15-3-5(1-2-13)8(18)14-10(15)19/h1-3,6-7,9,16-17,20H,4H2,(H,14,18,19)/t6-,7-,9-,11-/m1/s1. The van der Waals surface area contributed by atoms with E-state index in [2.05, 4.69) is 0 Å². The van der Waals surface area contributed by atoms with Crippen LogP contribution < -0.4 is 11.2 Å². The minimum Gasteiger partial charge on any atom is -0.394 e. The Bertz CT molecular complexity index is 669. The molecule has 0 aromatic carbocycles. The van der Waals surface area contributed by atoms with Gasteiger partial charge in [0.05, 0.1) is 12.2 Å². The predicted octanol–water partition coefficient (Wildman–Crippen LogP) is -1.15. The number of H-pyrrole nitrogens is 1. The maximum atomic E-state index is 14.2. The van der Waals surface area contributed by atoms with E-state index in [1.54, 1.807) is 0 Å². The Morgan fingerprint density at radius 3 is 2.76 bits per heavy atom. The molecule has 1 aromatic rings. The summed E-state index contributed by atoms with van der Waals surface area (Å²) < 4.78 is 21.3. The quantitative estimate of drug-likeness (QED) is 0.464. The molecule has 4 N–H and O–H groups in total. The molecule has 0 unspecified atom stereocenters. The average molecular weight is 414 g/mol. The van der Waals surface area contributed by atoms with Crippen molar-refractivity contribution in [3.63, 3.8) is 0 Å². The monoisotopic (exact) mass is 414 g/mol. The molecule has 21 heavy (non-hydrogen) atoms. The van der Waals surface area contributed by atoms with Gasteiger partial charge in [-0.25, -0.2) is 9.18 Å². The normalized spacial score (nSPS) is 32.9. The van der Waals surface area contributed by atoms with Crippen LogP contribution >= 0.6 is 22.6 Å². The van der Waals surface area contributed by atoms with E-state index in [1.165, 1.54) is 10.2 Å². The van der Waals surface area contributed by atoms with Crippen molar-refractivity contribution in [3.8, 4) is 0 Å². The first-order valence-corrected chi connectivity index (χ1v) is 7.05. The number of nitrogens with zero attached hydrogens (tertiary/aromatic N) is 1. The second-order valence-electron chi connectivity index (χ2n) is 4.43. The summed E-state index contributed by atoms with van der Waals surface area (Å²) in [6.45, 7) is -0.748. The summed E-state index contributed by atoms with van der Waals surface area (Å²) in [6.07, 6.45) is -2.96. The largest absolute Gasteiger partial charge is 0.394 e. The van der Waals surface area contributed by atoms with Crippen LogP contribution in [0.5, 0.6) is 0 Å². The number of hydrogen-bond acceptors (Lipinski definition) is 6. The summed E-state index contributed by atoms with van der Waals surface area (Å²) in [5.74, 6) is -3.29. The number of aromatic nitrogens is 2. The molecular formula is C11H12FIN2O6. The molecule has 0 radical (unpaired) electrons. The second-order valence-corrected chi connectivity index (χ2v) is 5.14. The molecule has 1 aromatic heterocycles. The van der Waals surface area contributed by atoms with Crippen LogP contribution in [0.15, 0.2) is 19.9 Å². The van der Waals surface area contributed by atoms with Crippen molar-refractivity contribution in [1.29, 1.82) is 0 Å². The Morgan fingerprint density at radius 1 is 1.57 bits per heavy atom. The number of alkyl halides is 1. The van der Waals surface area contributed by atoms with E-state index in [9.17, 15) is 24.2 Å². The lowest BCUT2D eigenvalue weighted by Crippen LogP contribution is -2.46. The van der Waals surface area contributed by atoms with E-state index < -0.39 is 42.1 Å². The first-order valence-electron chi connectivity index (χ1n) is 5.80. The highest BCUT2D eigenvalue weighted by atomic mass is 127. The van der Waals surface area contributed by atoms with Crippen molar-refractivity contribution in [3.05, 3.63) is 36.7 Å². The first kappa shape index (κ1) is 16.3. The molecule has 1 aliphatic heterocycles.